The number of para-hydroxylation sites is 1. The van der Waals surface area contributed by atoms with Gasteiger partial charge in [-0.3, -0.25) is 4.79 Å². The molecule has 4 aromatic rings. The third kappa shape index (κ3) is 5.10. The standard InChI is InChI=1S/C26H23NO4S/c1-30-25-8-3-2-5-18(25)11-13-31-22-7-4-6-21(16-22)27-26(29)23-15-19(9-10-24(23)28)20-12-14-32-17-20/h2-10,12,14-17,28H,11,13H2,1H3,(H,27,29). The first-order valence-electron chi connectivity index (χ1n) is 10.2. The lowest BCUT2D eigenvalue weighted by Gasteiger charge is -2.12. The van der Waals surface area contributed by atoms with E-state index in [0.717, 1.165) is 22.4 Å². The molecule has 1 amide bonds. The summed E-state index contributed by atoms with van der Waals surface area (Å²) in [4.78, 5) is 12.8. The van der Waals surface area contributed by atoms with E-state index in [9.17, 15) is 9.90 Å². The topological polar surface area (TPSA) is 67.8 Å². The lowest BCUT2D eigenvalue weighted by atomic mass is 10.0. The molecule has 0 radical (unpaired) electrons. The first-order valence-corrected chi connectivity index (χ1v) is 11.1. The number of benzene rings is 3. The highest BCUT2D eigenvalue weighted by atomic mass is 32.1. The highest BCUT2D eigenvalue weighted by Crippen LogP contribution is 2.28. The number of hydrogen-bond donors (Lipinski definition) is 2. The van der Waals surface area contributed by atoms with Crippen LogP contribution in [0.5, 0.6) is 17.2 Å². The summed E-state index contributed by atoms with van der Waals surface area (Å²) < 4.78 is 11.2. The van der Waals surface area contributed by atoms with E-state index in [1.807, 2.05) is 53.2 Å². The molecular weight excluding hydrogens is 422 g/mol. The van der Waals surface area contributed by atoms with Gasteiger partial charge in [0.05, 0.1) is 19.3 Å². The third-order valence-electron chi connectivity index (χ3n) is 5.02. The number of carbonyl (C=O) groups is 1. The fourth-order valence-electron chi connectivity index (χ4n) is 3.38. The predicted molar refractivity (Wildman–Crippen MR) is 128 cm³/mol. The highest BCUT2D eigenvalue weighted by molar-refractivity contribution is 7.08. The zero-order valence-electron chi connectivity index (χ0n) is 17.6. The molecule has 2 N–H and O–H groups in total. The van der Waals surface area contributed by atoms with E-state index in [2.05, 4.69) is 5.32 Å². The Hall–Kier alpha value is -3.77. The Balaban J connectivity index is 1.42. The molecule has 5 nitrogen and oxygen atoms in total. The van der Waals surface area contributed by atoms with Gasteiger partial charge in [0.25, 0.3) is 5.91 Å². The third-order valence-corrected chi connectivity index (χ3v) is 5.70. The molecule has 0 spiro atoms. The molecule has 0 aliphatic heterocycles. The van der Waals surface area contributed by atoms with Gasteiger partial charge in [0.1, 0.15) is 17.2 Å². The summed E-state index contributed by atoms with van der Waals surface area (Å²) in [5, 5.41) is 17.0. The van der Waals surface area contributed by atoms with Crippen LogP contribution in [-0.4, -0.2) is 24.7 Å². The lowest BCUT2D eigenvalue weighted by molar-refractivity contribution is 0.102. The largest absolute Gasteiger partial charge is 0.507 e. The quantitative estimate of drug-likeness (QED) is 0.349. The molecule has 0 fully saturated rings. The van der Waals surface area contributed by atoms with Crippen LogP contribution < -0.4 is 14.8 Å². The lowest BCUT2D eigenvalue weighted by Crippen LogP contribution is -2.12. The number of methoxy groups -OCH3 is 1. The first kappa shape index (κ1) is 21.5. The van der Waals surface area contributed by atoms with E-state index in [1.54, 1.807) is 48.8 Å². The van der Waals surface area contributed by atoms with Crippen molar-refractivity contribution in [2.24, 2.45) is 0 Å². The number of thiophene rings is 1. The van der Waals surface area contributed by atoms with Gasteiger partial charge in [0.15, 0.2) is 0 Å². The van der Waals surface area contributed by atoms with Gasteiger partial charge in [0, 0.05) is 18.2 Å². The summed E-state index contributed by atoms with van der Waals surface area (Å²) in [6.07, 6.45) is 0.698. The molecule has 4 rings (SSSR count). The van der Waals surface area contributed by atoms with Crippen LogP contribution in [0.1, 0.15) is 15.9 Å². The van der Waals surface area contributed by atoms with Crippen molar-refractivity contribution in [3.8, 4) is 28.4 Å². The van der Waals surface area contributed by atoms with E-state index < -0.39 is 0 Å². The van der Waals surface area contributed by atoms with Crippen LogP contribution in [0, 0.1) is 0 Å². The van der Waals surface area contributed by atoms with Crippen molar-refractivity contribution in [1.29, 1.82) is 0 Å². The van der Waals surface area contributed by atoms with Crippen LogP contribution in [0.3, 0.4) is 0 Å². The Morgan fingerprint density at radius 2 is 1.88 bits per heavy atom. The molecule has 0 aliphatic rings. The van der Waals surface area contributed by atoms with Gasteiger partial charge in [-0.15, -0.1) is 0 Å². The average Bonchev–Trinajstić information content (AvgIpc) is 3.35. The van der Waals surface area contributed by atoms with Gasteiger partial charge < -0.3 is 19.9 Å². The van der Waals surface area contributed by atoms with Gasteiger partial charge in [0.2, 0.25) is 0 Å². The van der Waals surface area contributed by atoms with Crippen LogP contribution in [0.2, 0.25) is 0 Å². The Labute approximate surface area is 190 Å². The second-order valence-electron chi connectivity index (χ2n) is 7.14. The Morgan fingerprint density at radius 3 is 2.69 bits per heavy atom. The minimum atomic E-state index is -0.384. The van der Waals surface area contributed by atoms with Crippen LogP contribution >= 0.6 is 11.3 Å². The Kier molecular flexibility index (Phi) is 6.72. The molecular formula is C26H23NO4S. The maximum Gasteiger partial charge on any atom is 0.259 e. The van der Waals surface area contributed by atoms with Crippen molar-refractivity contribution in [3.63, 3.8) is 0 Å². The molecule has 6 heteroatoms. The zero-order valence-corrected chi connectivity index (χ0v) is 18.4. The molecule has 0 unspecified atom stereocenters. The van der Waals surface area contributed by atoms with Crippen LogP contribution in [0.15, 0.2) is 83.6 Å². The zero-order chi connectivity index (χ0) is 22.3. The second-order valence-corrected chi connectivity index (χ2v) is 7.92. The van der Waals surface area contributed by atoms with Gasteiger partial charge >= 0.3 is 0 Å². The maximum atomic E-state index is 12.8. The van der Waals surface area contributed by atoms with Crippen molar-refractivity contribution < 1.29 is 19.4 Å². The molecule has 1 aromatic heterocycles. The molecule has 0 aliphatic carbocycles. The number of phenols is 1. The predicted octanol–water partition coefficient (Wildman–Crippen LogP) is 6.00. The normalized spacial score (nSPS) is 10.5. The van der Waals surface area contributed by atoms with Gasteiger partial charge in [-0.1, -0.05) is 30.3 Å². The smallest absolute Gasteiger partial charge is 0.259 e. The fraction of sp³-hybridized carbons (Fsp3) is 0.115. The summed E-state index contributed by atoms with van der Waals surface area (Å²) in [7, 11) is 1.65. The van der Waals surface area contributed by atoms with Crippen LogP contribution in [-0.2, 0) is 6.42 Å². The highest BCUT2D eigenvalue weighted by Gasteiger charge is 2.14. The summed E-state index contributed by atoms with van der Waals surface area (Å²) in [5.41, 5.74) is 3.76. The molecule has 0 atom stereocenters. The SMILES string of the molecule is COc1ccccc1CCOc1cccc(NC(=O)c2cc(-c3ccsc3)ccc2O)c1. The molecule has 0 bridgehead atoms. The van der Waals surface area contributed by atoms with Gasteiger partial charge in [-0.25, -0.2) is 0 Å². The van der Waals surface area contributed by atoms with Gasteiger partial charge in [-0.05, 0) is 63.8 Å². The number of anilines is 1. The minimum Gasteiger partial charge on any atom is -0.507 e. The minimum absolute atomic E-state index is 0.0642. The summed E-state index contributed by atoms with van der Waals surface area (Å²) in [6.45, 7) is 0.473. The van der Waals surface area contributed by atoms with Crippen LogP contribution in [0.25, 0.3) is 11.1 Å². The molecule has 3 aromatic carbocycles. The van der Waals surface area contributed by atoms with Crippen molar-refractivity contribution in [3.05, 3.63) is 94.7 Å². The fourth-order valence-corrected chi connectivity index (χ4v) is 4.04. The number of aromatic hydroxyl groups is 1. The van der Waals surface area contributed by atoms with E-state index in [-0.39, 0.29) is 17.2 Å². The molecule has 32 heavy (non-hydrogen) atoms. The van der Waals surface area contributed by atoms with Crippen molar-refractivity contribution in [2.45, 2.75) is 6.42 Å². The number of phenolic OH excluding ortho intramolecular Hbond substituents is 1. The van der Waals surface area contributed by atoms with Gasteiger partial charge in [-0.2, -0.15) is 11.3 Å². The number of rotatable bonds is 8. The average molecular weight is 446 g/mol. The number of hydrogen-bond acceptors (Lipinski definition) is 5. The van der Waals surface area contributed by atoms with Crippen LogP contribution in [0.4, 0.5) is 5.69 Å². The summed E-state index contributed by atoms with van der Waals surface area (Å²) in [6, 6.07) is 22.0. The van der Waals surface area contributed by atoms with E-state index >= 15 is 0 Å². The van der Waals surface area contributed by atoms with E-state index in [1.165, 1.54) is 0 Å². The maximum absolute atomic E-state index is 12.8. The number of ether oxygens (including phenoxy) is 2. The monoisotopic (exact) mass is 445 g/mol. The van der Waals surface area contributed by atoms with E-state index in [4.69, 9.17) is 9.47 Å². The molecule has 0 saturated heterocycles. The molecule has 0 saturated carbocycles. The second kappa shape index (κ2) is 10.0. The summed E-state index contributed by atoms with van der Waals surface area (Å²) in [5.74, 6) is 1.03. The van der Waals surface area contributed by atoms with Crippen molar-refractivity contribution >= 4 is 22.9 Å². The number of carbonyl (C=O) groups excluding carboxylic acids is 1. The van der Waals surface area contributed by atoms with E-state index in [0.29, 0.717) is 24.5 Å². The molecule has 162 valence electrons. The molecule has 1 heterocycles. The Bertz CT molecular complexity index is 1200. The Morgan fingerprint density at radius 1 is 1.00 bits per heavy atom. The first-order chi connectivity index (χ1) is 15.6. The van der Waals surface area contributed by atoms with Crippen molar-refractivity contribution in [2.75, 3.05) is 19.0 Å². The summed E-state index contributed by atoms with van der Waals surface area (Å²) >= 11 is 1.58. The van der Waals surface area contributed by atoms with Crippen molar-refractivity contribution in [1.82, 2.24) is 0 Å². The number of amides is 1. The number of nitrogens with one attached hydrogen (secondary N) is 1.